The predicted octanol–water partition coefficient (Wildman–Crippen LogP) is 1.01. The summed E-state index contributed by atoms with van der Waals surface area (Å²) in [5, 5.41) is 11.1. The van der Waals surface area contributed by atoms with Crippen LogP contribution in [0.1, 0.15) is 32.1 Å². The van der Waals surface area contributed by atoms with E-state index in [2.05, 4.69) is 33.9 Å². The molecule has 0 saturated carbocycles. The molecule has 0 spiro atoms. The first-order valence-corrected chi connectivity index (χ1v) is 4.78. The molecule has 0 unspecified atom stereocenters. The predicted molar refractivity (Wildman–Crippen MR) is 52.7 cm³/mol. The summed E-state index contributed by atoms with van der Waals surface area (Å²) in [6.07, 6.45) is 3.92. The average Bonchev–Trinajstić information content (AvgIpc) is 2.53. The highest BCUT2D eigenvalue weighted by atomic mass is 15.3. The summed E-state index contributed by atoms with van der Waals surface area (Å²) >= 11 is 0. The number of rotatable bonds is 5. The molecular formula is C9H18N4. The van der Waals surface area contributed by atoms with E-state index in [1.54, 1.807) is 6.33 Å². The molecule has 0 aliphatic rings. The first-order valence-electron chi connectivity index (χ1n) is 4.78. The molecular weight excluding hydrogens is 164 g/mol. The highest BCUT2D eigenvalue weighted by Crippen LogP contribution is 2.07. The van der Waals surface area contributed by atoms with E-state index in [1.807, 2.05) is 7.05 Å². The van der Waals surface area contributed by atoms with Crippen LogP contribution in [-0.2, 0) is 6.42 Å². The normalized spacial score (nSPS) is 11.1. The number of hydrogen-bond acceptors (Lipinski definition) is 3. The lowest BCUT2D eigenvalue weighted by Crippen LogP contribution is -2.11. The molecule has 1 heterocycles. The van der Waals surface area contributed by atoms with E-state index >= 15 is 0 Å². The Hall–Kier alpha value is -0.900. The van der Waals surface area contributed by atoms with E-state index in [1.165, 1.54) is 0 Å². The van der Waals surface area contributed by atoms with E-state index in [0.29, 0.717) is 6.04 Å². The number of aromatic nitrogens is 3. The van der Waals surface area contributed by atoms with Gasteiger partial charge in [-0.25, -0.2) is 0 Å². The molecule has 1 aromatic rings. The van der Waals surface area contributed by atoms with Crippen LogP contribution in [0.25, 0.3) is 0 Å². The van der Waals surface area contributed by atoms with Crippen molar-refractivity contribution in [3.05, 3.63) is 12.2 Å². The fourth-order valence-electron chi connectivity index (χ4n) is 1.30. The Balaban J connectivity index is 2.50. The largest absolute Gasteiger partial charge is 0.320 e. The van der Waals surface area contributed by atoms with E-state index in [0.717, 1.165) is 25.2 Å². The van der Waals surface area contributed by atoms with Crippen molar-refractivity contribution in [1.82, 2.24) is 20.1 Å². The first kappa shape index (κ1) is 10.2. The zero-order valence-corrected chi connectivity index (χ0v) is 8.62. The van der Waals surface area contributed by atoms with Gasteiger partial charge in [0.1, 0.15) is 12.2 Å². The molecule has 1 N–H and O–H groups in total. The van der Waals surface area contributed by atoms with Gasteiger partial charge < -0.3 is 9.88 Å². The van der Waals surface area contributed by atoms with E-state index < -0.39 is 0 Å². The van der Waals surface area contributed by atoms with Crippen LogP contribution in [0.15, 0.2) is 6.33 Å². The van der Waals surface area contributed by atoms with Crippen LogP contribution in [0.3, 0.4) is 0 Å². The van der Waals surface area contributed by atoms with Gasteiger partial charge in [0, 0.05) is 12.5 Å². The molecule has 0 saturated heterocycles. The molecule has 0 aliphatic heterocycles. The third-order valence-corrected chi connectivity index (χ3v) is 2.03. The van der Waals surface area contributed by atoms with Crippen molar-refractivity contribution in [3.8, 4) is 0 Å². The standard InChI is InChI=1S/C9H18N4/c1-8(2)13-7-11-12-9(13)5-4-6-10-3/h7-8,10H,4-6H2,1-3H3. The maximum Gasteiger partial charge on any atom is 0.133 e. The van der Waals surface area contributed by atoms with Gasteiger partial charge in [-0.2, -0.15) is 0 Å². The van der Waals surface area contributed by atoms with Crippen molar-refractivity contribution < 1.29 is 0 Å². The fourth-order valence-corrected chi connectivity index (χ4v) is 1.30. The van der Waals surface area contributed by atoms with Crippen molar-refractivity contribution in [3.63, 3.8) is 0 Å². The van der Waals surface area contributed by atoms with Gasteiger partial charge in [0.15, 0.2) is 0 Å². The summed E-state index contributed by atoms with van der Waals surface area (Å²) in [5.74, 6) is 1.09. The minimum absolute atomic E-state index is 0.458. The molecule has 0 radical (unpaired) electrons. The van der Waals surface area contributed by atoms with Gasteiger partial charge in [0.05, 0.1) is 0 Å². The molecule has 0 fully saturated rings. The van der Waals surface area contributed by atoms with Gasteiger partial charge in [-0.3, -0.25) is 0 Å². The van der Waals surface area contributed by atoms with E-state index in [9.17, 15) is 0 Å². The lowest BCUT2D eigenvalue weighted by Gasteiger charge is -2.09. The van der Waals surface area contributed by atoms with Crippen molar-refractivity contribution in [2.75, 3.05) is 13.6 Å². The smallest absolute Gasteiger partial charge is 0.133 e. The second-order valence-electron chi connectivity index (χ2n) is 3.46. The monoisotopic (exact) mass is 182 g/mol. The summed E-state index contributed by atoms with van der Waals surface area (Å²) in [6.45, 7) is 5.32. The maximum absolute atomic E-state index is 4.09. The van der Waals surface area contributed by atoms with Gasteiger partial charge in [-0.15, -0.1) is 10.2 Å². The first-order chi connectivity index (χ1) is 6.25. The third-order valence-electron chi connectivity index (χ3n) is 2.03. The highest BCUT2D eigenvalue weighted by Gasteiger charge is 2.05. The molecule has 0 amide bonds. The Morgan fingerprint density at radius 3 is 2.92 bits per heavy atom. The van der Waals surface area contributed by atoms with Crippen LogP contribution in [0.2, 0.25) is 0 Å². The van der Waals surface area contributed by atoms with Crippen molar-refractivity contribution in [1.29, 1.82) is 0 Å². The third kappa shape index (κ3) is 2.81. The minimum Gasteiger partial charge on any atom is -0.320 e. The summed E-state index contributed by atoms with van der Waals surface area (Å²) in [6, 6.07) is 0.458. The van der Waals surface area contributed by atoms with Crippen LogP contribution in [0.5, 0.6) is 0 Å². The number of nitrogens with zero attached hydrogens (tertiary/aromatic N) is 3. The lowest BCUT2D eigenvalue weighted by atomic mass is 10.3. The molecule has 4 nitrogen and oxygen atoms in total. The number of aryl methyl sites for hydroxylation is 1. The average molecular weight is 182 g/mol. The molecule has 74 valence electrons. The van der Waals surface area contributed by atoms with Gasteiger partial charge in [0.2, 0.25) is 0 Å². The van der Waals surface area contributed by atoms with Crippen LogP contribution in [0.4, 0.5) is 0 Å². The zero-order chi connectivity index (χ0) is 9.68. The molecule has 1 rings (SSSR count). The Kier molecular flexibility index (Phi) is 3.89. The lowest BCUT2D eigenvalue weighted by molar-refractivity contribution is 0.556. The van der Waals surface area contributed by atoms with Crippen LogP contribution in [0, 0.1) is 0 Å². The second-order valence-corrected chi connectivity index (χ2v) is 3.46. The van der Waals surface area contributed by atoms with Gasteiger partial charge in [0.25, 0.3) is 0 Å². The Morgan fingerprint density at radius 1 is 1.54 bits per heavy atom. The van der Waals surface area contributed by atoms with Gasteiger partial charge in [-0.05, 0) is 33.9 Å². The molecule has 13 heavy (non-hydrogen) atoms. The summed E-state index contributed by atoms with van der Waals surface area (Å²) in [4.78, 5) is 0. The fraction of sp³-hybridized carbons (Fsp3) is 0.778. The molecule has 0 aliphatic carbocycles. The second kappa shape index (κ2) is 4.97. The molecule has 0 bridgehead atoms. The maximum atomic E-state index is 4.09. The SMILES string of the molecule is CNCCCc1nncn1C(C)C. The van der Waals surface area contributed by atoms with Crippen LogP contribution in [-0.4, -0.2) is 28.4 Å². The number of nitrogens with one attached hydrogen (secondary N) is 1. The summed E-state index contributed by atoms with van der Waals surface area (Å²) < 4.78 is 2.12. The molecule has 1 aromatic heterocycles. The zero-order valence-electron chi connectivity index (χ0n) is 8.62. The quantitative estimate of drug-likeness (QED) is 0.691. The van der Waals surface area contributed by atoms with E-state index in [-0.39, 0.29) is 0 Å². The topological polar surface area (TPSA) is 42.7 Å². The summed E-state index contributed by atoms with van der Waals surface area (Å²) in [7, 11) is 1.97. The van der Waals surface area contributed by atoms with E-state index in [4.69, 9.17) is 0 Å². The number of hydrogen-bond donors (Lipinski definition) is 1. The van der Waals surface area contributed by atoms with Gasteiger partial charge in [-0.1, -0.05) is 0 Å². The highest BCUT2D eigenvalue weighted by molar-refractivity contribution is 4.88. The van der Waals surface area contributed by atoms with Crippen LogP contribution < -0.4 is 5.32 Å². The van der Waals surface area contributed by atoms with Crippen molar-refractivity contribution in [2.45, 2.75) is 32.7 Å². The van der Waals surface area contributed by atoms with Crippen molar-refractivity contribution >= 4 is 0 Å². The van der Waals surface area contributed by atoms with Crippen LogP contribution >= 0.6 is 0 Å². The van der Waals surface area contributed by atoms with Gasteiger partial charge >= 0.3 is 0 Å². The minimum atomic E-state index is 0.458. The Morgan fingerprint density at radius 2 is 2.31 bits per heavy atom. The summed E-state index contributed by atoms with van der Waals surface area (Å²) in [5.41, 5.74) is 0. The molecule has 0 atom stereocenters. The van der Waals surface area contributed by atoms with Crippen molar-refractivity contribution in [2.24, 2.45) is 0 Å². The Labute approximate surface area is 79.4 Å². The molecule has 4 heteroatoms. The molecule has 0 aromatic carbocycles. The Bertz CT molecular complexity index is 242.